The minimum Gasteiger partial charge on any atom is -0.490 e. The van der Waals surface area contributed by atoms with Crippen LogP contribution < -0.4 is 20.3 Å². The smallest absolute Gasteiger partial charge is 0.269 e. The number of thiazole rings is 1. The molecule has 2 aromatic carbocycles. The van der Waals surface area contributed by atoms with Gasteiger partial charge in [-0.2, -0.15) is 0 Å². The standard InChI is InChI=1S/C23H23N3O4S2/c1-5-29-17-10-15-16(11-18(17)30-6-2)26-20(25-21(15)27)19(32-23(26)31)22(28)24-14-8-7-12(3)13(4)9-14/h7-11H,5-6H2,1-4H3,(H,24,28)(H,25,27). The van der Waals surface area contributed by atoms with Crippen molar-refractivity contribution < 1.29 is 14.3 Å². The van der Waals surface area contributed by atoms with E-state index in [1.807, 2.05) is 45.9 Å². The summed E-state index contributed by atoms with van der Waals surface area (Å²) in [6.45, 7) is 8.61. The highest BCUT2D eigenvalue weighted by Gasteiger charge is 2.20. The van der Waals surface area contributed by atoms with Gasteiger partial charge in [-0.25, -0.2) is 0 Å². The Morgan fingerprint density at radius 3 is 2.44 bits per heavy atom. The lowest BCUT2D eigenvalue weighted by Crippen LogP contribution is -2.15. The first kappa shape index (κ1) is 22.0. The van der Waals surface area contributed by atoms with E-state index in [0.717, 1.165) is 22.5 Å². The number of anilines is 1. The third-order valence-corrected chi connectivity index (χ3v) is 6.53. The van der Waals surface area contributed by atoms with Gasteiger partial charge in [0.25, 0.3) is 11.5 Å². The van der Waals surface area contributed by atoms with E-state index in [1.54, 1.807) is 16.5 Å². The predicted octanol–water partition coefficient (Wildman–Crippen LogP) is 5.24. The molecule has 0 saturated heterocycles. The van der Waals surface area contributed by atoms with Crippen molar-refractivity contribution >= 4 is 51.7 Å². The SMILES string of the molecule is CCOc1cc2c(=O)[nH]c3c(C(=O)Nc4ccc(C)c(C)c4)sc(=S)n3c2cc1OCC. The molecule has 0 bridgehead atoms. The van der Waals surface area contributed by atoms with Crippen LogP contribution >= 0.6 is 23.6 Å². The lowest BCUT2D eigenvalue weighted by Gasteiger charge is -2.13. The minimum atomic E-state index is -0.336. The van der Waals surface area contributed by atoms with E-state index >= 15 is 0 Å². The van der Waals surface area contributed by atoms with Crippen LogP contribution in [0.1, 0.15) is 34.6 Å². The fraction of sp³-hybridized carbons (Fsp3) is 0.261. The molecule has 0 aliphatic rings. The minimum absolute atomic E-state index is 0.332. The number of fused-ring (bicyclic) bond motifs is 3. The number of carbonyl (C=O) groups excluding carboxylic acids is 1. The molecule has 0 aliphatic carbocycles. The first-order valence-electron chi connectivity index (χ1n) is 10.2. The van der Waals surface area contributed by atoms with E-state index in [4.69, 9.17) is 21.7 Å². The fourth-order valence-corrected chi connectivity index (χ4v) is 4.77. The van der Waals surface area contributed by atoms with Gasteiger partial charge in [0.1, 0.15) is 10.5 Å². The predicted molar refractivity (Wildman–Crippen MR) is 130 cm³/mol. The van der Waals surface area contributed by atoms with Gasteiger partial charge in [0.15, 0.2) is 15.5 Å². The van der Waals surface area contributed by atoms with E-state index in [2.05, 4.69) is 10.3 Å². The molecule has 4 rings (SSSR count). The van der Waals surface area contributed by atoms with E-state index in [9.17, 15) is 9.59 Å². The summed E-state index contributed by atoms with van der Waals surface area (Å²) in [5.74, 6) is 0.668. The van der Waals surface area contributed by atoms with Crippen LogP contribution in [-0.2, 0) is 0 Å². The van der Waals surface area contributed by atoms with Crippen molar-refractivity contribution in [3.63, 3.8) is 0 Å². The summed E-state index contributed by atoms with van der Waals surface area (Å²) in [6.07, 6.45) is 0. The summed E-state index contributed by atoms with van der Waals surface area (Å²) < 4.78 is 13.5. The number of aryl methyl sites for hydroxylation is 2. The summed E-state index contributed by atoms with van der Waals surface area (Å²) in [7, 11) is 0. The Labute approximate surface area is 193 Å². The number of benzene rings is 2. The zero-order valence-corrected chi connectivity index (χ0v) is 19.8. The summed E-state index contributed by atoms with van der Waals surface area (Å²) in [6, 6.07) is 9.09. The average Bonchev–Trinajstić information content (AvgIpc) is 3.08. The maximum absolute atomic E-state index is 13.1. The number of nitrogens with zero attached hydrogens (tertiary/aromatic N) is 1. The van der Waals surface area contributed by atoms with Crippen molar-refractivity contribution in [3.05, 3.63) is 60.6 Å². The number of ether oxygens (including phenoxy) is 2. The summed E-state index contributed by atoms with van der Waals surface area (Å²) in [4.78, 5) is 29.1. The monoisotopic (exact) mass is 469 g/mol. The third-order valence-electron chi connectivity index (χ3n) is 5.16. The largest absolute Gasteiger partial charge is 0.490 e. The Morgan fingerprint density at radius 2 is 1.78 bits per heavy atom. The van der Waals surface area contributed by atoms with Gasteiger partial charge in [0.05, 0.1) is 24.1 Å². The number of hydrogen-bond donors (Lipinski definition) is 2. The van der Waals surface area contributed by atoms with Crippen LogP contribution in [0.4, 0.5) is 5.69 Å². The lowest BCUT2D eigenvalue weighted by atomic mass is 10.1. The maximum Gasteiger partial charge on any atom is 0.269 e. The molecule has 0 radical (unpaired) electrons. The van der Waals surface area contributed by atoms with E-state index in [1.165, 1.54) is 0 Å². The Morgan fingerprint density at radius 1 is 1.09 bits per heavy atom. The number of aromatic nitrogens is 2. The van der Waals surface area contributed by atoms with E-state index in [-0.39, 0.29) is 11.5 Å². The molecule has 166 valence electrons. The van der Waals surface area contributed by atoms with Gasteiger partial charge in [-0.15, -0.1) is 0 Å². The van der Waals surface area contributed by atoms with Crippen LogP contribution in [0, 0.1) is 17.8 Å². The van der Waals surface area contributed by atoms with Crippen LogP contribution in [0.25, 0.3) is 16.6 Å². The number of rotatable bonds is 6. The highest BCUT2D eigenvalue weighted by atomic mass is 32.1. The van der Waals surface area contributed by atoms with Gasteiger partial charge in [0, 0.05) is 11.8 Å². The molecule has 0 fully saturated rings. The first-order chi connectivity index (χ1) is 15.3. The summed E-state index contributed by atoms with van der Waals surface area (Å²) in [5.41, 5.74) is 3.47. The van der Waals surface area contributed by atoms with Crippen LogP contribution in [0.3, 0.4) is 0 Å². The Hall–Kier alpha value is -3.17. The van der Waals surface area contributed by atoms with Gasteiger partial charge < -0.3 is 19.8 Å². The molecule has 0 unspecified atom stereocenters. The fourth-order valence-electron chi connectivity index (χ4n) is 3.49. The molecule has 0 atom stereocenters. The van der Waals surface area contributed by atoms with Crippen molar-refractivity contribution in [2.75, 3.05) is 18.5 Å². The molecule has 0 aliphatic heterocycles. The number of carbonyl (C=O) groups is 1. The topological polar surface area (TPSA) is 84.8 Å². The molecule has 7 nitrogen and oxygen atoms in total. The second kappa shape index (κ2) is 8.76. The van der Waals surface area contributed by atoms with Crippen LogP contribution in [-0.4, -0.2) is 28.5 Å². The Bertz CT molecular complexity index is 1470. The van der Waals surface area contributed by atoms with Gasteiger partial charge >= 0.3 is 0 Å². The van der Waals surface area contributed by atoms with Gasteiger partial charge in [-0.1, -0.05) is 17.4 Å². The average molecular weight is 470 g/mol. The summed E-state index contributed by atoms with van der Waals surface area (Å²) >= 11 is 6.71. The van der Waals surface area contributed by atoms with Gasteiger partial charge in [-0.3, -0.25) is 14.0 Å². The van der Waals surface area contributed by atoms with Crippen molar-refractivity contribution in [2.24, 2.45) is 0 Å². The number of amides is 1. The normalized spacial score (nSPS) is 11.1. The van der Waals surface area contributed by atoms with Crippen molar-refractivity contribution in [2.45, 2.75) is 27.7 Å². The quantitative estimate of drug-likeness (QED) is 0.377. The number of H-pyrrole nitrogens is 1. The zero-order valence-electron chi connectivity index (χ0n) is 18.2. The zero-order chi connectivity index (χ0) is 23.0. The van der Waals surface area contributed by atoms with Crippen LogP contribution in [0.5, 0.6) is 11.5 Å². The molecule has 32 heavy (non-hydrogen) atoms. The molecular weight excluding hydrogens is 446 g/mol. The molecular formula is C23H23N3O4S2. The molecule has 0 spiro atoms. The van der Waals surface area contributed by atoms with Crippen molar-refractivity contribution in [1.82, 2.24) is 9.38 Å². The number of hydrogen-bond acceptors (Lipinski definition) is 6. The highest BCUT2D eigenvalue weighted by Crippen LogP contribution is 2.33. The molecule has 2 aromatic heterocycles. The molecule has 4 aromatic rings. The lowest BCUT2D eigenvalue weighted by molar-refractivity contribution is 0.103. The molecule has 1 amide bonds. The van der Waals surface area contributed by atoms with Crippen LogP contribution in [0.15, 0.2) is 35.1 Å². The summed E-state index contributed by atoms with van der Waals surface area (Å²) in [5, 5.41) is 3.30. The highest BCUT2D eigenvalue weighted by molar-refractivity contribution is 7.73. The van der Waals surface area contributed by atoms with E-state index in [0.29, 0.717) is 55.8 Å². The maximum atomic E-state index is 13.1. The van der Waals surface area contributed by atoms with Crippen molar-refractivity contribution in [1.29, 1.82) is 0 Å². The van der Waals surface area contributed by atoms with Gasteiger partial charge in [0.2, 0.25) is 0 Å². The second-order valence-electron chi connectivity index (χ2n) is 7.27. The Balaban J connectivity index is 1.88. The Kier molecular flexibility index (Phi) is 6.03. The third kappa shape index (κ3) is 3.89. The molecule has 2 heterocycles. The van der Waals surface area contributed by atoms with Crippen molar-refractivity contribution in [3.8, 4) is 11.5 Å². The second-order valence-corrected chi connectivity index (χ2v) is 8.91. The molecule has 2 N–H and O–H groups in total. The molecule has 9 heteroatoms. The molecule has 0 saturated carbocycles. The number of aromatic amines is 1. The number of nitrogens with one attached hydrogen (secondary N) is 2. The van der Waals surface area contributed by atoms with Crippen LogP contribution in [0.2, 0.25) is 0 Å². The van der Waals surface area contributed by atoms with Gasteiger partial charge in [-0.05, 0) is 69.2 Å². The first-order valence-corrected chi connectivity index (χ1v) is 11.5. The van der Waals surface area contributed by atoms with E-state index < -0.39 is 0 Å².